The summed E-state index contributed by atoms with van der Waals surface area (Å²) >= 11 is 1.16. The maximum Gasteiger partial charge on any atom is 0.284 e. The molecule has 3 aromatic carbocycles. The van der Waals surface area contributed by atoms with Gasteiger partial charge in [-0.15, -0.1) is 0 Å². The van der Waals surface area contributed by atoms with Gasteiger partial charge in [0.2, 0.25) is 0 Å². The van der Waals surface area contributed by atoms with Crippen molar-refractivity contribution in [2.75, 3.05) is 0 Å². The van der Waals surface area contributed by atoms with E-state index in [9.17, 15) is 10.1 Å². The second kappa shape index (κ2) is 8.84. The van der Waals surface area contributed by atoms with Crippen LogP contribution in [0.1, 0.15) is 44.5 Å². The highest BCUT2D eigenvalue weighted by Crippen LogP contribution is 2.33. The Bertz CT molecular complexity index is 1060. The maximum atomic E-state index is 11.4. The molecule has 0 aliphatic carbocycles. The number of nitrogens with zero attached hydrogens (tertiary/aromatic N) is 2. The Labute approximate surface area is 182 Å². The summed E-state index contributed by atoms with van der Waals surface area (Å²) in [6.07, 6.45) is 0. The smallest absolute Gasteiger partial charge is 0.258 e. The molecule has 0 aliphatic heterocycles. The predicted octanol–water partition coefficient (Wildman–Crippen LogP) is 6.99. The summed E-state index contributed by atoms with van der Waals surface area (Å²) in [5, 5.41) is 11.4. The molecule has 3 aromatic rings. The monoisotopic (exact) mass is 418 g/mol. The van der Waals surface area contributed by atoms with E-state index < -0.39 is 0 Å². The van der Waals surface area contributed by atoms with Gasteiger partial charge in [0.25, 0.3) is 5.69 Å². The van der Waals surface area contributed by atoms with Gasteiger partial charge in [0, 0.05) is 29.1 Å². The third-order valence-corrected chi connectivity index (χ3v) is 5.94. The van der Waals surface area contributed by atoms with E-state index in [-0.39, 0.29) is 10.6 Å². The molecule has 4 nitrogen and oxygen atoms in total. The lowest BCUT2D eigenvalue weighted by atomic mass is 9.88. The average molecular weight is 419 g/mol. The lowest BCUT2D eigenvalue weighted by Gasteiger charge is -2.18. The first-order chi connectivity index (χ1) is 14.2. The minimum absolute atomic E-state index is 0.0697. The Kier molecular flexibility index (Phi) is 6.42. The summed E-state index contributed by atoms with van der Waals surface area (Å²) in [6.45, 7) is 12.6. The molecular formula is C25H26N2O2S. The molecule has 0 saturated carbocycles. The number of hydrogen-bond acceptors (Lipinski definition) is 4. The van der Waals surface area contributed by atoms with Crippen molar-refractivity contribution in [3.63, 3.8) is 0 Å². The summed E-state index contributed by atoms with van der Waals surface area (Å²) in [4.78, 5) is 11.6. The fraction of sp³-hybridized carbons (Fsp3) is 0.240. The lowest BCUT2D eigenvalue weighted by Crippen LogP contribution is -2.12. The molecule has 0 aromatic heterocycles. The average Bonchev–Trinajstić information content (AvgIpc) is 2.64. The Morgan fingerprint density at radius 2 is 1.23 bits per heavy atom. The third-order valence-electron chi connectivity index (χ3n) is 5.12. The van der Waals surface area contributed by atoms with Gasteiger partial charge < -0.3 is 0 Å². The summed E-state index contributed by atoms with van der Waals surface area (Å²) in [7, 11) is 0. The first-order valence-corrected chi connectivity index (χ1v) is 10.6. The van der Waals surface area contributed by atoms with Crippen LogP contribution in [0.2, 0.25) is 0 Å². The number of nitro benzene ring substituents is 1. The summed E-state index contributed by atoms with van der Waals surface area (Å²) in [6, 6.07) is 15.4. The van der Waals surface area contributed by atoms with Crippen molar-refractivity contribution in [3.8, 4) is 0 Å². The lowest BCUT2D eigenvalue weighted by molar-refractivity contribution is -0.387. The molecule has 0 aliphatic rings. The minimum atomic E-state index is -0.359. The second-order valence-electron chi connectivity index (χ2n) is 7.80. The first kappa shape index (κ1) is 21.8. The van der Waals surface area contributed by atoms with Crippen molar-refractivity contribution < 1.29 is 4.92 Å². The van der Waals surface area contributed by atoms with Crippen molar-refractivity contribution in [2.45, 2.75) is 46.4 Å². The number of rotatable bonds is 5. The van der Waals surface area contributed by atoms with E-state index in [1.54, 1.807) is 18.2 Å². The Hall–Kier alpha value is -2.92. The molecular weight excluding hydrogens is 392 g/mol. The standard InChI is InChI=1S/C25H26N2O2S/c1-15-11-17(3)23(18(4)12-15)25(24-19(5)13-16(2)14-20(24)6)26-30-22-10-8-7-9-21(22)27(28)29/h7-14H,1-6H3. The topological polar surface area (TPSA) is 55.5 Å². The molecule has 0 saturated heterocycles. The maximum absolute atomic E-state index is 11.4. The molecule has 0 N–H and O–H groups in total. The van der Waals surface area contributed by atoms with Crippen LogP contribution in [0.5, 0.6) is 0 Å². The van der Waals surface area contributed by atoms with Gasteiger partial charge in [0.05, 0.1) is 10.6 Å². The molecule has 0 unspecified atom stereocenters. The zero-order valence-corrected chi connectivity index (χ0v) is 19.1. The van der Waals surface area contributed by atoms with Crippen LogP contribution in [-0.4, -0.2) is 10.6 Å². The molecule has 0 amide bonds. The predicted molar refractivity (Wildman–Crippen MR) is 126 cm³/mol. The van der Waals surface area contributed by atoms with Crippen LogP contribution in [0.3, 0.4) is 0 Å². The zero-order chi connectivity index (χ0) is 22.0. The van der Waals surface area contributed by atoms with Crippen molar-refractivity contribution in [2.24, 2.45) is 4.40 Å². The van der Waals surface area contributed by atoms with E-state index in [0.29, 0.717) is 4.90 Å². The van der Waals surface area contributed by atoms with Crippen LogP contribution in [0.15, 0.2) is 57.8 Å². The number of para-hydroxylation sites is 1. The Balaban J connectivity index is 2.25. The molecule has 0 bridgehead atoms. The van der Waals surface area contributed by atoms with E-state index in [1.165, 1.54) is 17.2 Å². The highest BCUT2D eigenvalue weighted by Gasteiger charge is 2.19. The molecule has 30 heavy (non-hydrogen) atoms. The second-order valence-corrected chi connectivity index (χ2v) is 8.61. The fourth-order valence-corrected chi connectivity index (χ4v) is 4.85. The van der Waals surface area contributed by atoms with Crippen LogP contribution >= 0.6 is 11.9 Å². The van der Waals surface area contributed by atoms with E-state index in [1.807, 2.05) is 0 Å². The van der Waals surface area contributed by atoms with Gasteiger partial charge in [-0.1, -0.05) is 47.5 Å². The normalized spacial score (nSPS) is 10.7. The highest BCUT2D eigenvalue weighted by atomic mass is 32.2. The van der Waals surface area contributed by atoms with Gasteiger partial charge in [-0.2, -0.15) is 0 Å². The van der Waals surface area contributed by atoms with E-state index >= 15 is 0 Å². The summed E-state index contributed by atoms with van der Waals surface area (Å²) < 4.78 is 4.91. The molecule has 3 rings (SSSR count). The van der Waals surface area contributed by atoms with Gasteiger partial charge in [0.1, 0.15) is 4.90 Å². The number of hydrogen-bond donors (Lipinski definition) is 0. The molecule has 5 heteroatoms. The Morgan fingerprint density at radius 1 is 0.800 bits per heavy atom. The zero-order valence-electron chi connectivity index (χ0n) is 18.2. The van der Waals surface area contributed by atoms with Gasteiger partial charge >= 0.3 is 0 Å². The van der Waals surface area contributed by atoms with Crippen LogP contribution < -0.4 is 0 Å². The highest BCUT2D eigenvalue weighted by molar-refractivity contribution is 7.98. The van der Waals surface area contributed by atoms with Crippen molar-refractivity contribution >= 4 is 23.3 Å². The summed E-state index contributed by atoms with van der Waals surface area (Å²) in [5.74, 6) is 0. The summed E-state index contributed by atoms with van der Waals surface area (Å²) in [5.41, 5.74) is 10.1. The molecule has 0 fully saturated rings. The molecule has 154 valence electrons. The third kappa shape index (κ3) is 4.46. The largest absolute Gasteiger partial charge is 0.284 e. The van der Waals surface area contributed by atoms with Crippen molar-refractivity contribution in [1.82, 2.24) is 0 Å². The van der Waals surface area contributed by atoms with Gasteiger partial charge in [0.15, 0.2) is 0 Å². The molecule has 0 atom stereocenters. The number of aryl methyl sites for hydroxylation is 6. The first-order valence-electron chi connectivity index (χ1n) is 9.84. The number of benzene rings is 3. The molecule has 0 heterocycles. The van der Waals surface area contributed by atoms with Gasteiger partial charge in [-0.3, -0.25) is 10.1 Å². The van der Waals surface area contributed by atoms with Gasteiger partial charge in [-0.25, -0.2) is 4.40 Å². The Morgan fingerprint density at radius 3 is 1.67 bits per heavy atom. The van der Waals surface area contributed by atoms with Gasteiger partial charge in [-0.05, 0) is 69.9 Å². The molecule has 0 radical (unpaired) electrons. The van der Waals surface area contributed by atoms with Crippen LogP contribution in [-0.2, 0) is 0 Å². The van der Waals surface area contributed by atoms with Crippen LogP contribution in [0, 0.1) is 51.7 Å². The quantitative estimate of drug-likeness (QED) is 0.194. The van der Waals surface area contributed by atoms with E-state index in [2.05, 4.69) is 65.8 Å². The van der Waals surface area contributed by atoms with E-state index in [4.69, 9.17) is 4.40 Å². The number of nitro groups is 1. The van der Waals surface area contributed by atoms with Crippen LogP contribution in [0.25, 0.3) is 0 Å². The molecule has 0 spiro atoms. The van der Waals surface area contributed by atoms with Crippen LogP contribution in [0.4, 0.5) is 5.69 Å². The van der Waals surface area contributed by atoms with Crippen molar-refractivity contribution in [1.29, 1.82) is 0 Å². The van der Waals surface area contributed by atoms with E-state index in [0.717, 1.165) is 51.0 Å². The fourth-order valence-electron chi connectivity index (χ4n) is 4.10. The van der Waals surface area contributed by atoms with Crippen molar-refractivity contribution in [3.05, 3.63) is 103 Å². The minimum Gasteiger partial charge on any atom is -0.258 e. The SMILES string of the molecule is Cc1cc(C)c(C(=NSc2ccccc2[N+](=O)[O-])c2c(C)cc(C)cc2C)c(C)c1.